The van der Waals surface area contributed by atoms with Crippen LogP contribution < -0.4 is 0 Å². The monoisotopic (exact) mass is 194 g/mol. The number of thiophene rings is 1. The molecule has 13 heavy (non-hydrogen) atoms. The molecule has 0 unspecified atom stereocenters. The summed E-state index contributed by atoms with van der Waals surface area (Å²) >= 11 is 1.85. The molecular weight excluding hydrogens is 180 g/mol. The minimum absolute atomic E-state index is 0.401. The minimum Gasteiger partial charge on any atom is -0.384 e. The summed E-state index contributed by atoms with van der Waals surface area (Å²) in [6.07, 6.45) is 7.11. The van der Waals surface area contributed by atoms with Crippen LogP contribution in [0, 0.1) is 0 Å². The molecule has 0 aliphatic heterocycles. The van der Waals surface area contributed by atoms with Crippen molar-refractivity contribution in [1.29, 1.82) is 0 Å². The minimum atomic E-state index is -0.401. The molecule has 0 bridgehead atoms. The molecule has 3 rings (SSSR count). The van der Waals surface area contributed by atoms with Crippen LogP contribution in [0.25, 0.3) is 0 Å². The number of aliphatic hydroxyl groups is 1. The van der Waals surface area contributed by atoms with Gasteiger partial charge in [0, 0.05) is 9.75 Å². The fourth-order valence-corrected chi connectivity index (χ4v) is 3.48. The van der Waals surface area contributed by atoms with Crippen LogP contribution in [-0.4, -0.2) is 5.11 Å². The molecule has 1 aromatic rings. The molecule has 1 aromatic heterocycles. The molecule has 0 saturated heterocycles. The first kappa shape index (κ1) is 8.01. The van der Waals surface area contributed by atoms with Crippen molar-refractivity contribution in [2.75, 3.05) is 0 Å². The van der Waals surface area contributed by atoms with Gasteiger partial charge in [-0.2, -0.15) is 0 Å². The van der Waals surface area contributed by atoms with E-state index in [2.05, 4.69) is 6.07 Å². The molecule has 1 N–H and O–H groups in total. The second kappa shape index (κ2) is 2.58. The molecule has 0 aromatic carbocycles. The van der Waals surface area contributed by atoms with E-state index in [-0.39, 0.29) is 0 Å². The van der Waals surface area contributed by atoms with Crippen LogP contribution in [0.3, 0.4) is 0 Å². The van der Waals surface area contributed by atoms with Gasteiger partial charge in [0.1, 0.15) is 0 Å². The maximum atomic E-state index is 9.96. The Bertz CT molecular complexity index is 312. The summed E-state index contributed by atoms with van der Waals surface area (Å²) in [5, 5.41) is 9.96. The first-order valence-electron chi connectivity index (χ1n) is 5.12. The van der Waals surface area contributed by atoms with Gasteiger partial charge in [-0.3, -0.25) is 0 Å². The van der Waals surface area contributed by atoms with Gasteiger partial charge in [-0.15, -0.1) is 11.3 Å². The molecular formula is C11H14OS. The SMILES string of the molecule is OC1(c2cc3c(s2)CCCC3)CC1. The molecule has 1 fully saturated rings. The molecule has 2 heteroatoms. The van der Waals surface area contributed by atoms with E-state index in [1.54, 1.807) is 4.88 Å². The lowest BCUT2D eigenvalue weighted by molar-refractivity contribution is 0.155. The van der Waals surface area contributed by atoms with Gasteiger partial charge in [-0.1, -0.05) is 0 Å². The van der Waals surface area contributed by atoms with Gasteiger partial charge >= 0.3 is 0 Å². The van der Waals surface area contributed by atoms with Crippen LogP contribution >= 0.6 is 11.3 Å². The summed E-state index contributed by atoms with van der Waals surface area (Å²) in [5.41, 5.74) is 1.12. The molecule has 70 valence electrons. The summed E-state index contributed by atoms with van der Waals surface area (Å²) < 4.78 is 0. The van der Waals surface area contributed by atoms with Crippen LogP contribution in [0.4, 0.5) is 0 Å². The predicted octanol–water partition coefficient (Wildman–Crippen LogP) is 2.61. The van der Waals surface area contributed by atoms with Gasteiger partial charge in [-0.05, 0) is 50.2 Å². The maximum absolute atomic E-state index is 9.96. The summed E-state index contributed by atoms with van der Waals surface area (Å²) in [4.78, 5) is 2.78. The van der Waals surface area contributed by atoms with Crippen molar-refractivity contribution in [3.8, 4) is 0 Å². The number of fused-ring (bicyclic) bond motifs is 1. The molecule has 0 amide bonds. The lowest BCUT2D eigenvalue weighted by Gasteiger charge is -2.08. The van der Waals surface area contributed by atoms with Gasteiger partial charge < -0.3 is 5.11 Å². The Kier molecular flexibility index (Phi) is 1.59. The smallest absolute Gasteiger partial charge is 0.0990 e. The van der Waals surface area contributed by atoms with Crippen LogP contribution in [-0.2, 0) is 18.4 Å². The van der Waals surface area contributed by atoms with E-state index < -0.39 is 5.60 Å². The van der Waals surface area contributed by atoms with Crippen LogP contribution in [0.2, 0.25) is 0 Å². The standard InChI is InChI=1S/C11H14OS/c12-11(5-6-11)10-7-8-3-1-2-4-9(8)13-10/h7,12H,1-6H2. The molecule has 0 radical (unpaired) electrons. The van der Waals surface area contributed by atoms with Crippen molar-refractivity contribution >= 4 is 11.3 Å². The summed E-state index contributed by atoms with van der Waals surface area (Å²) in [7, 11) is 0. The summed E-state index contributed by atoms with van der Waals surface area (Å²) in [6.45, 7) is 0. The van der Waals surface area contributed by atoms with E-state index in [1.165, 1.54) is 36.1 Å². The molecule has 1 heterocycles. The number of rotatable bonds is 1. The van der Waals surface area contributed by atoms with Crippen LogP contribution in [0.15, 0.2) is 6.07 Å². The normalized spacial score (nSPS) is 24.1. The van der Waals surface area contributed by atoms with E-state index >= 15 is 0 Å². The predicted molar refractivity (Wildman–Crippen MR) is 54.1 cm³/mol. The first-order chi connectivity index (χ1) is 6.28. The zero-order valence-corrected chi connectivity index (χ0v) is 8.49. The Labute approximate surface area is 82.4 Å². The number of aryl methyl sites for hydroxylation is 2. The van der Waals surface area contributed by atoms with E-state index in [1.807, 2.05) is 11.3 Å². The van der Waals surface area contributed by atoms with E-state index in [9.17, 15) is 5.11 Å². The molecule has 1 saturated carbocycles. The third kappa shape index (κ3) is 1.24. The quantitative estimate of drug-likeness (QED) is 0.728. The third-order valence-corrected chi connectivity index (χ3v) is 4.61. The van der Waals surface area contributed by atoms with Crippen LogP contribution in [0.1, 0.15) is 41.0 Å². The van der Waals surface area contributed by atoms with Crippen molar-refractivity contribution in [1.82, 2.24) is 0 Å². The molecule has 2 aliphatic rings. The second-order valence-corrected chi connectivity index (χ2v) is 5.43. The molecule has 1 nitrogen and oxygen atoms in total. The van der Waals surface area contributed by atoms with Gasteiger partial charge in [0.15, 0.2) is 0 Å². The third-order valence-electron chi connectivity index (χ3n) is 3.18. The summed E-state index contributed by atoms with van der Waals surface area (Å²) in [5.74, 6) is 0. The Hall–Kier alpha value is -0.340. The highest BCUT2D eigenvalue weighted by atomic mass is 32.1. The van der Waals surface area contributed by atoms with E-state index in [0.29, 0.717) is 0 Å². The zero-order chi connectivity index (χ0) is 8.89. The topological polar surface area (TPSA) is 20.2 Å². The average molecular weight is 194 g/mol. The Morgan fingerprint density at radius 3 is 2.69 bits per heavy atom. The van der Waals surface area contributed by atoms with Gasteiger partial charge in [0.05, 0.1) is 5.60 Å². The fourth-order valence-electron chi connectivity index (χ4n) is 2.08. The van der Waals surface area contributed by atoms with Crippen molar-refractivity contribution < 1.29 is 5.11 Å². The first-order valence-corrected chi connectivity index (χ1v) is 5.94. The lowest BCUT2D eigenvalue weighted by atomic mass is 9.99. The lowest BCUT2D eigenvalue weighted by Crippen LogP contribution is -2.00. The second-order valence-electron chi connectivity index (χ2n) is 4.30. The van der Waals surface area contributed by atoms with Crippen molar-refractivity contribution in [2.45, 2.75) is 44.1 Å². The Morgan fingerprint density at radius 1 is 1.23 bits per heavy atom. The number of hydrogen-bond acceptors (Lipinski definition) is 2. The fraction of sp³-hybridized carbons (Fsp3) is 0.636. The molecule has 0 atom stereocenters. The Balaban J connectivity index is 2.00. The highest BCUT2D eigenvalue weighted by molar-refractivity contribution is 7.12. The summed E-state index contributed by atoms with van der Waals surface area (Å²) in [6, 6.07) is 2.26. The zero-order valence-electron chi connectivity index (χ0n) is 7.68. The molecule has 0 spiro atoms. The van der Waals surface area contributed by atoms with Crippen molar-refractivity contribution in [3.05, 3.63) is 21.4 Å². The van der Waals surface area contributed by atoms with E-state index in [0.717, 1.165) is 12.8 Å². The van der Waals surface area contributed by atoms with Crippen molar-refractivity contribution in [3.63, 3.8) is 0 Å². The van der Waals surface area contributed by atoms with Crippen molar-refractivity contribution in [2.24, 2.45) is 0 Å². The number of hydrogen-bond donors (Lipinski definition) is 1. The van der Waals surface area contributed by atoms with Crippen LogP contribution in [0.5, 0.6) is 0 Å². The van der Waals surface area contributed by atoms with Gasteiger partial charge in [0.25, 0.3) is 0 Å². The van der Waals surface area contributed by atoms with Gasteiger partial charge in [0.2, 0.25) is 0 Å². The average Bonchev–Trinajstić information content (AvgIpc) is 2.76. The van der Waals surface area contributed by atoms with E-state index in [4.69, 9.17) is 0 Å². The van der Waals surface area contributed by atoms with Gasteiger partial charge in [-0.25, -0.2) is 0 Å². The maximum Gasteiger partial charge on any atom is 0.0990 e. The Morgan fingerprint density at radius 2 is 2.00 bits per heavy atom. The highest BCUT2D eigenvalue weighted by Crippen LogP contribution is 2.49. The molecule has 2 aliphatic carbocycles. The highest BCUT2D eigenvalue weighted by Gasteiger charge is 2.43. The largest absolute Gasteiger partial charge is 0.384 e.